The number of nitrogens with two attached hydrogens (primary N) is 1. The van der Waals surface area contributed by atoms with E-state index in [9.17, 15) is 18.0 Å². The number of rotatable bonds is 7. The maximum absolute atomic E-state index is 12.2. The average molecular weight is 314 g/mol. The van der Waals surface area contributed by atoms with Crippen LogP contribution in [0, 0.1) is 5.92 Å². The Morgan fingerprint density at radius 2 is 1.81 bits per heavy atom. The van der Waals surface area contributed by atoms with Crippen molar-refractivity contribution in [3.8, 4) is 0 Å². The number of carboxylic acid groups (broad SMARTS) is 1. The summed E-state index contributed by atoms with van der Waals surface area (Å²) in [7, 11) is -3.99. The van der Waals surface area contributed by atoms with E-state index in [1.165, 1.54) is 24.3 Å². The summed E-state index contributed by atoms with van der Waals surface area (Å²) in [6.45, 7) is 3.42. The molecule has 0 aliphatic carbocycles. The van der Waals surface area contributed by atoms with E-state index in [0.717, 1.165) is 0 Å². The largest absolute Gasteiger partial charge is 0.480 e. The number of aliphatic carboxylic acids is 1. The second-order valence-corrected chi connectivity index (χ2v) is 6.43. The summed E-state index contributed by atoms with van der Waals surface area (Å²) in [6, 6.07) is 3.75. The third kappa shape index (κ3) is 4.27. The van der Waals surface area contributed by atoms with Gasteiger partial charge in [-0.05, 0) is 30.2 Å². The molecule has 0 aromatic heterocycles. The average Bonchev–Trinajstić information content (AvgIpc) is 2.43. The van der Waals surface area contributed by atoms with Gasteiger partial charge in [0, 0.05) is 5.56 Å². The van der Waals surface area contributed by atoms with Crippen LogP contribution in [0.1, 0.15) is 30.6 Å². The number of hydrogen-bond donors (Lipinski definition) is 3. The van der Waals surface area contributed by atoms with E-state index < -0.39 is 27.9 Å². The molecule has 0 saturated carbocycles. The first-order valence-corrected chi connectivity index (χ1v) is 7.82. The molecular weight excluding hydrogens is 296 g/mol. The molecule has 1 amide bonds. The van der Waals surface area contributed by atoms with Crippen molar-refractivity contribution in [2.24, 2.45) is 11.7 Å². The monoisotopic (exact) mass is 314 g/mol. The van der Waals surface area contributed by atoms with Crippen LogP contribution in [-0.4, -0.2) is 31.4 Å². The highest BCUT2D eigenvalue weighted by Crippen LogP contribution is 2.15. The number of amides is 1. The first-order chi connectivity index (χ1) is 9.69. The number of carbonyl (C=O) groups excluding carboxylic acids is 1. The second-order valence-electron chi connectivity index (χ2n) is 4.71. The topological polar surface area (TPSA) is 127 Å². The van der Waals surface area contributed by atoms with Crippen LogP contribution < -0.4 is 10.5 Å². The van der Waals surface area contributed by atoms with Crippen molar-refractivity contribution in [1.29, 1.82) is 0 Å². The molecule has 0 aliphatic heterocycles. The van der Waals surface area contributed by atoms with Gasteiger partial charge in [0.25, 0.3) is 0 Å². The summed E-state index contributed by atoms with van der Waals surface area (Å²) in [4.78, 5) is 22.0. The fourth-order valence-corrected chi connectivity index (χ4v) is 2.98. The molecule has 21 heavy (non-hydrogen) atoms. The molecule has 4 N–H and O–H groups in total. The number of nitrogens with one attached hydrogen (secondary N) is 1. The van der Waals surface area contributed by atoms with Crippen LogP contribution >= 0.6 is 0 Å². The first-order valence-electron chi connectivity index (χ1n) is 6.34. The second kappa shape index (κ2) is 6.68. The standard InChI is InChI=1S/C13H18N2O5S/c1-3-8(2)11(13(17)18)15-21(19,20)10-6-4-9(5-7-10)12(14)16/h4-8,11,15H,3H2,1-2H3,(H2,14,16)(H,17,18)/t8?,11-/m0/s1. The van der Waals surface area contributed by atoms with Gasteiger partial charge in [-0.3, -0.25) is 9.59 Å². The number of benzene rings is 1. The highest BCUT2D eigenvalue weighted by atomic mass is 32.2. The molecule has 1 aromatic carbocycles. The Balaban J connectivity index is 3.04. The lowest BCUT2D eigenvalue weighted by atomic mass is 10.0. The normalized spacial score (nSPS) is 14.4. The van der Waals surface area contributed by atoms with Gasteiger partial charge in [-0.25, -0.2) is 8.42 Å². The number of hydrogen-bond acceptors (Lipinski definition) is 4. The minimum absolute atomic E-state index is 0.123. The van der Waals surface area contributed by atoms with Crippen LogP contribution in [0.25, 0.3) is 0 Å². The fraction of sp³-hybridized carbons (Fsp3) is 0.385. The molecule has 2 atom stereocenters. The minimum Gasteiger partial charge on any atom is -0.480 e. The van der Waals surface area contributed by atoms with E-state index in [1.807, 2.05) is 0 Å². The summed E-state index contributed by atoms with van der Waals surface area (Å²) in [5.74, 6) is -2.27. The number of carbonyl (C=O) groups is 2. The molecule has 8 heteroatoms. The van der Waals surface area contributed by atoms with Crippen molar-refractivity contribution >= 4 is 21.9 Å². The molecule has 7 nitrogen and oxygen atoms in total. The van der Waals surface area contributed by atoms with Crippen molar-refractivity contribution in [3.05, 3.63) is 29.8 Å². The summed E-state index contributed by atoms with van der Waals surface area (Å²) in [5.41, 5.74) is 5.24. The van der Waals surface area contributed by atoms with E-state index >= 15 is 0 Å². The maximum Gasteiger partial charge on any atom is 0.322 e. The predicted octanol–water partition coefficient (Wildman–Crippen LogP) is 0.563. The van der Waals surface area contributed by atoms with E-state index in [0.29, 0.717) is 6.42 Å². The summed E-state index contributed by atoms with van der Waals surface area (Å²) >= 11 is 0. The third-order valence-corrected chi connectivity index (χ3v) is 4.67. The van der Waals surface area contributed by atoms with Crippen molar-refractivity contribution < 1.29 is 23.1 Å². The Bertz CT molecular complexity index is 624. The zero-order valence-corrected chi connectivity index (χ0v) is 12.6. The van der Waals surface area contributed by atoms with Gasteiger partial charge in [-0.15, -0.1) is 0 Å². The van der Waals surface area contributed by atoms with Gasteiger partial charge in [-0.2, -0.15) is 4.72 Å². The van der Waals surface area contributed by atoms with E-state index in [4.69, 9.17) is 10.8 Å². The lowest BCUT2D eigenvalue weighted by Crippen LogP contribution is -2.44. The highest BCUT2D eigenvalue weighted by Gasteiger charge is 2.29. The molecule has 0 heterocycles. The van der Waals surface area contributed by atoms with Gasteiger partial charge in [0.15, 0.2) is 0 Å². The molecule has 0 fully saturated rings. The first kappa shape index (κ1) is 17.1. The van der Waals surface area contributed by atoms with Crippen LogP contribution in [0.15, 0.2) is 29.2 Å². The van der Waals surface area contributed by atoms with E-state index in [-0.39, 0.29) is 16.4 Å². The van der Waals surface area contributed by atoms with Gasteiger partial charge < -0.3 is 10.8 Å². The zero-order valence-electron chi connectivity index (χ0n) is 11.7. The molecule has 1 unspecified atom stereocenters. The van der Waals surface area contributed by atoms with Gasteiger partial charge in [0.1, 0.15) is 6.04 Å². The molecule has 0 aliphatic rings. The van der Waals surface area contributed by atoms with Gasteiger partial charge >= 0.3 is 5.97 Å². The molecule has 1 rings (SSSR count). The van der Waals surface area contributed by atoms with Crippen molar-refractivity contribution in [1.82, 2.24) is 4.72 Å². The number of carboxylic acids is 1. The lowest BCUT2D eigenvalue weighted by Gasteiger charge is -2.20. The summed E-state index contributed by atoms with van der Waals surface area (Å²) < 4.78 is 26.5. The summed E-state index contributed by atoms with van der Waals surface area (Å²) in [6.07, 6.45) is 0.514. The summed E-state index contributed by atoms with van der Waals surface area (Å²) in [5, 5.41) is 9.11. The Hall–Kier alpha value is -1.93. The fourth-order valence-electron chi connectivity index (χ4n) is 1.68. The van der Waals surface area contributed by atoms with Gasteiger partial charge in [0.2, 0.25) is 15.9 Å². The maximum atomic E-state index is 12.2. The van der Waals surface area contributed by atoms with Gasteiger partial charge in [0.05, 0.1) is 4.90 Å². The van der Waals surface area contributed by atoms with Gasteiger partial charge in [-0.1, -0.05) is 20.3 Å². The third-order valence-electron chi connectivity index (χ3n) is 3.21. The Labute approximate surface area is 123 Å². The van der Waals surface area contributed by atoms with Crippen molar-refractivity contribution in [3.63, 3.8) is 0 Å². The zero-order chi connectivity index (χ0) is 16.2. The lowest BCUT2D eigenvalue weighted by molar-refractivity contribution is -0.140. The van der Waals surface area contributed by atoms with Crippen LogP contribution in [0.5, 0.6) is 0 Å². The van der Waals surface area contributed by atoms with E-state index in [1.54, 1.807) is 13.8 Å². The number of sulfonamides is 1. The Kier molecular flexibility index (Phi) is 5.45. The Morgan fingerprint density at radius 3 is 2.19 bits per heavy atom. The molecule has 116 valence electrons. The number of primary amides is 1. The molecule has 0 saturated heterocycles. The van der Waals surface area contributed by atoms with Crippen molar-refractivity contribution in [2.75, 3.05) is 0 Å². The van der Waals surface area contributed by atoms with Crippen LogP contribution in [0.2, 0.25) is 0 Å². The molecule has 0 bridgehead atoms. The SMILES string of the molecule is CCC(C)[C@H](NS(=O)(=O)c1ccc(C(N)=O)cc1)C(=O)O. The molecule has 0 spiro atoms. The molecule has 1 aromatic rings. The smallest absolute Gasteiger partial charge is 0.322 e. The van der Waals surface area contributed by atoms with Crippen molar-refractivity contribution in [2.45, 2.75) is 31.2 Å². The van der Waals surface area contributed by atoms with Crippen LogP contribution in [-0.2, 0) is 14.8 Å². The highest BCUT2D eigenvalue weighted by molar-refractivity contribution is 7.89. The molecular formula is C13H18N2O5S. The van der Waals surface area contributed by atoms with Crippen LogP contribution in [0.4, 0.5) is 0 Å². The minimum atomic E-state index is -3.99. The van der Waals surface area contributed by atoms with Crippen LogP contribution in [0.3, 0.4) is 0 Å². The quantitative estimate of drug-likeness (QED) is 0.678. The molecule has 0 radical (unpaired) electrons. The Morgan fingerprint density at radius 1 is 1.29 bits per heavy atom. The predicted molar refractivity (Wildman–Crippen MR) is 76.2 cm³/mol. The van der Waals surface area contributed by atoms with E-state index in [2.05, 4.69) is 4.72 Å².